The first-order chi connectivity index (χ1) is 13.3. The highest BCUT2D eigenvalue weighted by Gasteiger charge is 2.33. The Morgan fingerprint density at radius 2 is 1.85 bits per heavy atom. The zero-order valence-corrected chi connectivity index (χ0v) is 15.1. The van der Waals surface area contributed by atoms with Gasteiger partial charge in [0.2, 0.25) is 5.91 Å². The zero-order valence-electron chi connectivity index (χ0n) is 15.1. The van der Waals surface area contributed by atoms with Gasteiger partial charge < -0.3 is 10.6 Å². The van der Waals surface area contributed by atoms with Gasteiger partial charge in [-0.25, -0.2) is 0 Å². The molecule has 2 aromatic carbocycles. The van der Waals surface area contributed by atoms with Crippen LogP contribution in [0.5, 0.6) is 0 Å². The number of carbonyl (C=O) groups excluding carboxylic acids is 1. The van der Waals surface area contributed by atoms with E-state index < -0.39 is 0 Å². The standard InChI is InChI=1S/C23H23N3O/c27-23(22-16-25-15-21(22)18-7-2-1-3-8-18)26-13-17-6-4-9-19(12-17)20-10-5-11-24-14-20/h1-12,14,21-22,25H,13,15-16H2,(H,26,27)/t21-,22+/m1/s1. The van der Waals surface area contributed by atoms with Crippen molar-refractivity contribution >= 4 is 5.91 Å². The number of benzene rings is 2. The fourth-order valence-electron chi connectivity index (χ4n) is 3.72. The Balaban J connectivity index is 1.42. The van der Waals surface area contributed by atoms with Crippen LogP contribution in [0.1, 0.15) is 17.0 Å². The van der Waals surface area contributed by atoms with Crippen molar-refractivity contribution in [3.8, 4) is 11.1 Å². The molecule has 0 unspecified atom stereocenters. The van der Waals surface area contributed by atoms with Crippen molar-refractivity contribution in [1.82, 2.24) is 15.6 Å². The van der Waals surface area contributed by atoms with E-state index in [1.165, 1.54) is 5.56 Å². The molecule has 4 heteroatoms. The van der Waals surface area contributed by atoms with Gasteiger partial charge in [-0.15, -0.1) is 0 Å². The summed E-state index contributed by atoms with van der Waals surface area (Å²) < 4.78 is 0. The smallest absolute Gasteiger partial charge is 0.225 e. The summed E-state index contributed by atoms with van der Waals surface area (Å²) in [5.41, 5.74) is 4.50. The number of hydrogen-bond acceptors (Lipinski definition) is 3. The van der Waals surface area contributed by atoms with Crippen LogP contribution in [0, 0.1) is 5.92 Å². The molecular formula is C23H23N3O. The molecule has 2 atom stereocenters. The Labute approximate surface area is 159 Å². The highest BCUT2D eigenvalue weighted by Crippen LogP contribution is 2.28. The summed E-state index contributed by atoms with van der Waals surface area (Å²) in [6.45, 7) is 2.10. The molecule has 0 radical (unpaired) electrons. The number of aromatic nitrogens is 1. The first-order valence-electron chi connectivity index (χ1n) is 9.34. The van der Waals surface area contributed by atoms with Crippen LogP contribution in [0.25, 0.3) is 11.1 Å². The molecule has 3 aromatic rings. The Morgan fingerprint density at radius 3 is 2.67 bits per heavy atom. The van der Waals surface area contributed by atoms with Gasteiger partial charge in [-0.1, -0.05) is 54.6 Å². The minimum atomic E-state index is -0.0334. The maximum Gasteiger partial charge on any atom is 0.225 e. The summed E-state index contributed by atoms with van der Waals surface area (Å²) in [6.07, 6.45) is 3.62. The second kappa shape index (κ2) is 8.14. The summed E-state index contributed by atoms with van der Waals surface area (Å²) in [4.78, 5) is 17.0. The molecule has 1 aliphatic rings. The van der Waals surface area contributed by atoms with Crippen molar-refractivity contribution < 1.29 is 4.79 Å². The van der Waals surface area contributed by atoms with Crippen LogP contribution in [0.3, 0.4) is 0 Å². The molecule has 1 aromatic heterocycles. The highest BCUT2D eigenvalue weighted by atomic mass is 16.1. The molecule has 2 heterocycles. The zero-order chi connectivity index (χ0) is 18.5. The molecule has 4 nitrogen and oxygen atoms in total. The van der Waals surface area contributed by atoms with E-state index in [1.807, 2.05) is 48.7 Å². The van der Waals surface area contributed by atoms with E-state index in [1.54, 1.807) is 6.20 Å². The van der Waals surface area contributed by atoms with Crippen molar-refractivity contribution in [2.24, 2.45) is 5.92 Å². The molecule has 2 N–H and O–H groups in total. The van der Waals surface area contributed by atoms with Gasteiger partial charge in [-0.2, -0.15) is 0 Å². The summed E-state index contributed by atoms with van der Waals surface area (Å²) in [5.74, 6) is 0.308. The summed E-state index contributed by atoms with van der Waals surface area (Å²) >= 11 is 0. The number of pyridine rings is 1. The van der Waals surface area contributed by atoms with Crippen LogP contribution in [0.4, 0.5) is 0 Å². The monoisotopic (exact) mass is 357 g/mol. The number of amides is 1. The third kappa shape index (κ3) is 4.07. The molecule has 1 fully saturated rings. The molecule has 0 spiro atoms. The van der Waals surface area contributed by atoms with Crippen LogP contribution in [0.2, 0.25) is 0 Å². The van der Waals surface area contributed by atoms with E-state index in [0.717, 1.165) is 29.8 Å². The van der Waals surface area contributed by atoms with Crippen LogP contribution in [-0.4, -0.2) is 24.0 Å². The lowest BCUT2D eigenvalue weighted by Gasteiger charge is -2.18. The molecule has 1 amide bonds. The SMILES string of the molecule is O=C(NCc1cccc(-c2cccnc2)c1)[C@H]1CNC[C@@H]1c1ccccc1. The fraction of sp³-hybridized carbons (Fsp3) is 0.217. The predicted octanol–water partition coefficient (Wildman–Crippen LogP) is 3.37. The quantitative estimate of drug-likeness (QED) is 0.736. The van der Waals surface area contributed by atoms with Gasteiger partial charge in [0.1, 0.15) is 0 Å². The Bertz CT molecular complexity index is 896. The molecule has 0 saturated carbocycles. The molecule has 4 rings (SSSR count). The minimum Gasteiger partial charge on any atom is -0.352 e. The van der Waals surface area contributed by atoms with E-state index in [4.69, 9.17) is 0 Å². The molecule has 1 aliphatic heterocycles. The Kier molecular flexibility index (Phi) is 5.26. The van der Waals surface area contributed by atoms with Crippen molar-refractivity contribution in [3.63, 3.8) is 0 Å². The van der Waals surface area contributed by atoms with Crippen LogP contribution in [-0.2, 0) is 11.3 Å². The molecular weight excluding hydrogens is 334 g/mol. The fourth-order valence-corrected chi connectivity index (χ4v) is 3.72. The first-order valence-corrected chi connectivity index (χ1v) is 9.34. The molecule has 27 heavy (non-hydrogen) atoms. The number of rotatable bonds is 5. The number of nitrogens with one attached hydrogen (secondary N) is 2. The molecule has 0 bridgehead atoms. The average Bonchev–Trinajstić information content (AvgIpc) is 3.24. The van der Waals surface area contributed by atoms with Gasteiger partial charge in [0.05, 0.1) is 5.92 Å². The maximum atomic E-state index is 12.8. The van der Waals surface area contributed by atoms with E-state index in [9.17, 15) is 4.79 Å². The van der Waals surface area contributed by atoms with E-state index in [2.05, 4.69) is 39.9 Å². The van der Waals surface area contributed by atoms with E-state index in [0.29, 0.717) is 6.54 Å². The maximum absolute atomic E-state index is 12.8. The summed E-state index contributed by atoms with van der Waals surface area (Å²) in [6, 6.07) is 22.5. The number of hydrogen-bond donors (Lipinski definition) is 2. The van der Waals surface area contributed by atoms with Gasteiger partial charge in [0.15, 0.2) is 0 Å². The Hall–Kier alpha value is -2.98. The minimum absolute atomic E-state index is 0.0334. The lowest BCUT2D eigenvalue weighted by atomic mass is 9.88. The topological polar surface area (TPSA) is 54.0 Å². The number of nitrogens with zero attached hydrogens (tertiary/aromatic N) is 1. The molecule has 0 aliphatic carbocycles. The third-order valence-corrected chi connectivity index (χ3v) is 5.17. The van der Waals surface area contributed by atoms with Crippen LogP contribution < -0.4 is 10.6 Å². The molecule has 1 saturated heterocycles. The lowest BCUT2D eigenvalue weighted by molar-refractivity contribution is -0.125. The van der Waals surface area contributed by atoms with Gasteiger partial charge >= 0.3 is 0 Å². The lowest BCUT2D eigenvalue weighted by Crippen LogP contribution is -2.34. The highest BCUT2D eigenvalue weighted by molar-refractivity contribution is 5.80. The summed E-state index contributed by atoms with van der Waals surface area (Å²) in [7, 11) is 0. The normalized spacial score (nSPS) is 19.0. The van der Waals surface area contributed by atoms with Crippen molar-refractivity contribution in [3.05, 3.63) is 90.3 Å². The second-order valence-corrected chi connectivity index (χ2v) is 6.94. The van der Waals surface area contributed by atoms with Crippen molar-refractivity contribution in [2.45, 2.75) is 12.5 Å². The van der Waals surface area contributed by atoms with Crippen LogP contribution >= 0.6 is 0 Å². The second-order valence-electron chi connectivity index (χ2n) is 6.94. The summed E-state index contributed by atoms with van der Waals surface area (Å²) in [5, 5.41) is 6.49. The largest absolute Gasteiger partial charge is 0.352 e. The number of carbonyl (C=O) groups is 1. The van der Waals surface area contributed by atoms with E-state index >= 15 is 0 Å². The van der Waals surface area contributed by atoms with Gasteiger partial charge in [-0.05, 0) is 34.4 Å². The van der Waals surface area contributed by atoms with Gasteiger partial charge in [0.25, 0.3) is 0 Å². The van der Waals surface area contributed by atoms with Gasteiger partial charge in [0, 0.05) is 37.9 Å². The predicted molar refractivity (Wildman–Crippen MR) is 107 cm³/mol. The van der Waals surface area contributed by atoms with Gasteiger partial charge in [-0.3, -0.25) is 9.78 Å². The van der Waals surface area contributed by atoms with Crippen molar-refractivity contribution in [2.75, 3.05) is 13.1 Å². The van der Waals surface area contributed by atoms with E-state index in [-0.39, 0.29) is 17.7 Å². The third-order valence-electron chi connectivity index (χ3n) is 5.17. The van der Waals surface area contributed by atoms with Crippen LogP contribution in [0.15, 0.2) is 79.1 Å². The van der Waals surface area contributed by atoms with Crippen molar-refractivity contribution in [1.29, 1.82) is 0 Å². The molecule has 136 valence electrons. The Morgan fingerprint density at radius 1 is 1.00 bits per heavy atom. The average molecular weight is 357 g/mol. The first kappa shape index (κ1) is 17.4.